The van der Waals surface area contributed by atoms with Crippen LogP contribution in [0.4, 0.5) is 4.39 Å². The lowest BCUT2D eigenvalue weighted by molar-refractivity contribution is 0.222. The van der Waals surface area contributed by atoms with Crippen molar-refractivity contribution < 1.29 is 12.8 Å². The third-order valence-corrected chi connectivity index (χ3v) is 9.05. The van der Waals surface area contributed by atoms with E-state index < -0.39 is 15.8 Å². The summed E-state index contributed by atoms with van der Waals surface area (Å²) in [6.07, 6.45) is 3.40. The van der Waals surface area contributed by atoms with E-state index in [1.807, 2.05) is 13.0 Å². The van der Waals surface area contributed by atoms with Crippen molar-refractivity contribution >= 4 is 43.7 Å². The molecule has 0 N–H and O–H groups in total. The monoisotopic (exact) mass is 537 g/mol. The lowest BCUT2D eigenvalue weighted by Crippen LogP contribution is -2.31. The molecule has 37 heavy (non-hydrogen) atoms. The van der Waals surface area contributed by atoms with Gasteiger partial charge in [-0.2, -0.15) is 0 Å². The van der Waals surface area contributed by atoms with E-state index in [1.165, 1.54) is 24.4 Å². The SMILES string of the molecule is Cc1nc2c(F)cc(-c3cn(S(=O)(=O)c4ccccc4)c4nc(Cl)ccc34)cc2n1C1CCN(C)CC1. The maximum atomic E-state index is 15.5. The van der Waals surface area contributed by atoms with Gasteiger partial charge in [0.1, 0.15) is 16.5 Å². The quantitative estimate of drug-likeness (QED) is 0.277. The molecule has 6 rings (SSSR count). The van der Waals surface area contributed by atoms with Crippen LogP contribution in [0.2, 0.25) is 5.15 Å². The zero-order valence-corrected chi connectivity index (χ0v) is 22.0. The Balaban J connectivity index is 1.57. The van der Waals surface area contributed by atoms with Crippen LogP contribution < -0.4 is 0 Å². The third kappa shape index (κ3) is 4.02. The first kappa shape index (κ1) is 24.1. The molecule has 0 amide bonds. The Morgan fingerprint density at radius 2 is 1.76 bits per heavy atom. The number of hydrogen-bond acceptors (Lipinski definition) is 5. The molecule has 10 heteroatoms. The molecule has 1 aliphatic heterocycles. The maximum absolute atomic E-state index is 15.5. The van der Waals surface area contributed by atoms with E-state index in [4.69, 9.17) is 11.6 Å². The zero-order chi connectivity index (χ0) is 25.9. The van der Waals surface area contributed by atoms with E-state index in [2.05, 4.69) is 26.5 Å². The molecule has 0 unspecified atom stereocenters. The van der Waals surface area contributed by atoms with Gasteiger partial charge in [0.15, 0.2) is 11.5 Å². The van der Waals surface area contributed by atoms with Crippen molar-refractivity contribution in [2.75, 3.05) is 20.1 Å². The summed E-state index contributed by atoms with van der Waals surface area (Å²) in [6, 6.07) is 15.0. The van der Waals surface area contributed by atoms with Gasteiger partial charge in [-0.15, -0.1) is 0 Å². The van der Waals surface area contributed by atoms with Gasteiger partial charge in [0.25, 0.3) is 10.0 Å². The standard InChI is InChI=1S/C27H25ClFN5O2S/c1-17-30-26-23(29)14-18(15-24(26)34(17)19-10-12-32(2)13-11-19)22-16-33(27-21(22)8-9-25(28)31-27)37(35,36)20-6-4-3-5-7-20/h3-9,14-16,19H,10-13H2,1-2H3. The highest BCUT2D eigenvalue weighted by Gasteiger charge is 2.26. The fourth-order valence-corrected chi connectivity index (χ4v) is 6.79. The molecule has 1 aliphatic rings. The molecular formula is C27H25ClFN5O2S. The van der Waals surface area contributed by atoms with Crippen LogP contribution in [0.1, 0.15) is 24.7 Å². The van der Waals surface area contributed by atoms with Gasteiger partial charge in [-0.1, -0.05) is 29.8 Å². The summed E-state index contributed by atoms with van der Waals surface area (Å²) >= 11 is 6.17. The van der Waals surface area contributed by atoms with Crippen molar-refractivity contribution in [3.63, 3.8) is 0 Å². The summed E-state index contributed by atoms with van der Waals surface area (Å²) in [5.74, 6) is 0.319. The van der Waals surface area contributed by atoms with Gasteiger partial charge in [0.2, 0.25) is 0 Å². The third-order valence-electron chi connectivity index (χ3n) is 7.18. The number of halogens is 2. The van der Waals surface area contributed by atoms with E-state index in [9.17, 15) is 8.42 Å². The molecule has 7 nitrogen and oxygen atoms in total. The highest BCUT2D eigenvalue weighted by Crippen LogP contribution is 2.37. The Hall–Kier alpha value is -3.27. The van der Waals surface area contributed by atoms with Crippen molar-refractivity contribution in [2.45, 2.75) is 30.7 Å². The van der Waals surface area contributed by atoms with Gasteiger partial charge in [-0.3, -0.25) is 0 Å². The van der Waals surface area contributed by atoms with E-state index in [1.54, 1.807) is 30.3 Å². The molecule has 1 fully saturated rings. The van der Waals surface area contributed by atoms with Gasteiger partial charge >= 0.3 is 0 Å². The first-order valence-electron chi connectivity index (χ1n) is 12.1. The number of pyridine rings is 1. The summed E-state index contributed by atoms with van der Waals surface area (Å²) in [6.45, 7) is 3.83. The number of rotatable bonds is 4. The lowest BCUT2D eigenvalue weighted by Gasteiger charge is -2.30. The van der Waals surface area contributed by atoms with Gasteiger partial charge in [-0.25, -0.2) is 26.7 Å². The number of fused-ring (bicyclic) bond motifs is 2. The fraction of sp³-hybridized carbons (Fsp3) is 0.259. The normalized spacial score (nSPS) is 15.7. The Kier molecular flexibility index (Phi) is 5.82. The number of likely N-dealkylation sites (tertiary alicyclic amines) is 1. The van der Waals surface area contributed by atoms with E-state index in [0.29, 0.717) is 27.5 Å². The zero-order valence-electron chi connectivity index (χ0n) is 20.4. The second-order valence-corrected chi connectivity index (χ2v) is 11.8. The molecule has 2 aromatic carbocycles. The molecule has 1 saturated heterocycles. The van der Waals surface area contributed by atoms with Crippen LogP contribution in [0, 0.1) is 12.7 Å². The molecule has 5 aromatic rings. The maximum Gasteiger partial charge on any atom is 0.269 e. The van der Waals surface area contributed by atoms with Gasteiger partial charge in [0.05, 0.1) is 10.4 Å². The summed E-state index contributed by atoms with van der Waals surface area (Å²) in [5, 5.41) is 0.726. The van der Waals surface area contributed by atoms with Crippen LogP contribution in [0.5, 0.6) is 0 Å². The van der Waals surface area contributed by atoms with E-state index >= 15 is 4.39 Å². The van der Waals surface area contributed by atoms with E-state index in [-0.39, 0.29) is 21.7 Å². The minimum absolute atomic E-state index is 0.123. The van der Waals surface area contributed by atoms with E-state index in [0.717, 1.165) is 35.7 Å². The summed E-state index contributed by atoms with van der Waals surface area (Å²) in [4.78, 5) is 11.3. The molecule has 3 aromatic heterocycles. The lowest BCUT2D eigenvalue weighted by atomic mass is 10.0. The first-order chi connectivity index (χ1) is 17.7. The van der Waals surface area contributed by atoms with Gasteiger partial charge in [0, 0.05) is 23.2 Å². The Morgan fingerprint density at radius 3 is 2.49 bits per heavy atom. The molecule has 0 atom stereocenters. The summed E-state index contributed by atoms with van der Waals surface area (Å²) in [5.41, 5.74) is 2.31. The van der Waals surface area contributed by atoms with Crippen LogP contribution in [0.15, 0.2) is 65.7 Å². The fourth-order valence-electron chi connectivity index (χ4n) is 5.31. The molecule has 0 spiro atoms. The van der Waals surface area contributed by atoms with Crippen LogP contribution in [0.25, 0.3) is 33.2 Å². The average molecular weight is 538 g/mol. The van der Waals surface area contributed by atoms with Crippen LogP contribution >= 0.6 is 11.6 Å². The van der Waals surface area contributed by atoms with Crippen molar-refractivity contribution in [1.82, 2.24) is 23.4 Å². The molecule has 0 saturated carbocycles. The van der Waals surface area contributed by atoms with Crippen molar-refractivity contribution in [2.24, 2.45) is 0 Å². The predicted molar refractivity (Wildman–Crippen MR) is 143 cm³/mol. The highest BCUT2D eigenvalue weighted by molar-refractivity contribution is 7.90. The molecule has 0 aliphatic carbocycles. The van der Waals surface area contributed by atoms with Crippen LogP contribution in [0.3, 0.4) is 0 Å². The van der Waals surface area contributed by atoms with Crippen molar-refractivity contribution in [1.29, 1.82) is 0 Å². The number of piperidine rings is 1. The largest absolute Gasteiger partial charge is 0.325 e. The summed E-state index contributed by atoms with van der Waals surface area (Å²) < 4.78 is 45.9. The minimum Gasteiger partial charge on any atom is -0.325 e. The molecule has 0 bridgehead atoms. The molecule has 190 valence electrons. The number of aryl methyl sites for hydroxylation is 1. The highest BCUT2D eigenvalue weighted by atomic mass is 35.5. The number of imidazole rings is 1. The molecular weight excluding hydrogens is 513 g/mol. The Labute approximate surface area is 219 Å². The van der Waals surface area contributed by atoms with Gasteiger partial charge in [-0.05, 0) is 81.9 Å². The minimum atomic E-state index is -3.97. The van der Waals surface area contributed by atoms with Crippen LogP contribution in [-0.2, 0) is 10.0 Å². The van der Waals surface area contributed by atoms with Crippen LogP contribution in [-0.4, -0.2) is 52.0 Å². The average Bonchev–Trinajstić information content (AvgIpc) is 3.43. The second-order valence-electron chi connectivity index (χ2n) is 9.55. The topological polar surface area (TPSA) is 73.0 Å². The Bertz CT molecular complexity index is 1760. The first-order valence-corrected chi connectivity index (χ1v) is 13.9. The smallest absolute Gasteiger partial charge is 0.269 e. The molecule has 4 heterocycles. The van der Waals surface area contributed by atoms with Crippen molar-refractivity contribution in [3.8, 4) is 11.1 Å². The number of nitrogens with zero attached hydrogens (tertiary/aromatic N) is 5. The van der Waals surface area contributed by atoms with Gasteiger partial charge < -0.3 is 9.47 Å². The van der Waals surface area contributed by atoms with Crippen molar-refractivity contribution in [3.05, 3.63) is 77.6 Å². The number of hydrogen-bond donors (Lipinski definition) is 0. The second kappa shape index (κ2) is 8.93. The molecule has 0 radical (unpaired) electrons. The predicted octanol–water partition coefficient (Wildman–Crippen LogP) is 5.66. The number of aromatic nitrogens is 4. The Morgan fingerprint density at radius 1 is 1.03 bits per heavy atom. The summed E-state index contributed by atoms with van der Waals surface area (Å²) in [7, 11) is -1.87. The number of benzene rings is 2.